The number of pyridine rings is 2. The molecule has 1 N–H and O–H groups in total. The molecule has 0 spiro atoms. The van der Waals surface area contributed by atoms with Crippen molar-refractivity contribution in [1.29, 1.82) is 0 Å². The van der Waals surface area contributed by atoms with Gasteiger partial charge in [-0.15, -0.1) is 6.07 Å². The molecule has 4 aromatic rings. The van der Waals surface area contributed by atoms with Gasteiger partial charge in [-0.05, 0) is 68.2 Å². The summed E-state index contributed by atoms with van der Waals surface area (Å²) in [5.74, 6) is 0.547. The predicted molar refractivity (Wildman–Crippen MR) is 148 cm³/mol. The van der Waals surface area contributed by atoms with Gasteiger partial charge in [-0.2, -0.15) is 23.0 Å². The Kier molecular flexibility index (Phi) is 11.9. The van der Waals surface area contributed by atoms with Crippen molar-refractivity contribution in [3.8, 4) is 11.3 Å². The molecular weight excluding hydrogens is 645 g/mol. The average molecular weight is 680 g/mol. The number of fused-ring (bicyclic) bond motifs is 3. The Hall–Kier alpha value is -2.40. The molecular formula is C30H35IrN2O2S-. The first kappa shape index (κ1) is 29.8. The van der Waals surface area contributed by atoms with E-state index in [2.05, 4.69) is 42.2 Å². The van der Waals surface area contributed by atoms with Crippen molar-refractivity contribution in [3.05, 3.63) is 71.6 Å². The first-order valence-electron chi connectivity index (χ1n) is 12.5. The number of aryl methyl sites for hydroxylation is 1. The van der Waals surface area contributed by atoms with Crippen molar-refractivity contribution < 1.29 is 30.0 Å². The number of thiophene rings is 1. The Morgan fingerprint density at radius 3 is 2.31 bits per heavy atom. The molecule has 0 aliphatic heterocycles. The second kappa shape index (κ2) is 14.4. The van der Waals surface area contributed by atoms with E-state index in [1.165, 1.54) is 26.4 Å². The minimum Gasteiger partial charge on any atom is -0.512 e. The standard InChI is InChI=1S/C17H11N2S.C13H24O2.Ir/c1-11-10-14-13-4-2-3-5-15(13)19-16(17(14)20-11)12-6-8-18-9-7-12;1-5-10(6-2)12(14)9-13(15)11(7-3)8-4;/h2-6,8-10H,1H3;9-11,14H,5-8H2,1-4H3;/q-1;;/b;12-9-;. The molecule has 3 heterocycles. The maximum Gasteiger partial charge on any atom is 0.162 e. The molecule has 1 aromatic carbocycles. The van der Waals surface area contributed by atoms with Crippen LogP contribution in [0.1, 0.15) is 58.3 Å². The SMILES string of the molecule is CCC(CC)C(=O)/C=C(\O)C(CC)CC.Cc1cc2c(s1)c(-c1[c-]cncc1)nc1ccccc12.[Ir]. The van der Waals surface area contributed by atoms with Crippen LogP contribution in [-0.4, -0.2) is 20.9 Å². The van der Waals surface area contributed by atoms with E-state index in [9.17, 15) is 9.90 Å². The first-order chi connectivity index (χ1) is 16.9. The summed E-state index contributed by atoms with van der Waals surface area (Å²) < 4.78 is 1.23. The number of allylic oxidation sites excluding steroid dienone is 2. The summed E-state index contributed by atoms with van der Waals surface area (Å²) in [6, 6.07) is 15.7. The van der Waals surface area contributed by atoms with Gasteiger partial charge in [0.25, 0.3) is 0 Å². The van der Waals surface area contributed by atoms with Crippen LogP contribution in [0.25, 0.3) is 32.2 Å². The molecule has 0 amide bonds. The minimum atomic E-state index is 0. The van der Waals surface area contributed by atoms with Crippen LogP contribution in [0.15, 0.2) is 60.6 Å². The minimum absolute atomic E-state index is 0. The van der Waals surface area contributed by atoms with Crippen molar-refractivity contribution >= 4 is 38.1 Å². The largest absolute Gasteiger partial charge is 0.512 e. The van der Waals surface area contributed by atoms with Crippen LogP contribution in [0.4, 0.5) is 0 Å². The molecule has 1 radical (unpaired) electrons. The molecule has 4 nitrogen and oxygen atoms in total. The quantitative estimate of drug-likeness (QED) is 0.115. The third-order valence-electron chi connectivity index (χ3n) is 6.46. The maximum atomic E-state index is 11.7. The van der Waals surface area contributed by atoms with Gasteiger partial charge < -0.3 is 10.1 Å². The molecule has 4 rings (SSSR count). The molecule has 0 unspecified atom stereocenters. The van der Waals surface area contributed by atoms with Crippen molar-refractivity contribution in [3.63, 3.8) is 0 Å². The third-order valence-corrected chi connectivity index (χ3v) is 7.51. The van der Waals surface area contributed by atoms with Crippen LogP contribution in [-0.2, 0) is 24.9 Å². The van der Waals surface area contributed by atoms with E-state index in [0.29, 0.717) is 0 Å². The van der Waals surface area contributed by atoms with Gasteiger partial charge in [0.1, 0.15) is 0 Å². The molecule has 193 valence electrons. The molecule has 36 heavy (non-hydrogen) atoms. The summed E-state index contributed by atoms with van der Waals surface area (Å²) in [6.07, 6.45) is 8.39. The van der Waals surface area contributed by atoms with Gasteiger partial charge in [-0.3, -0.25) is 9.78 Å². The molecule has 0 fully saturated rings. The van der Waals surface area contributed by atoms with Gasteiger partial charge in [0, 0.05) is 53.0 Å². The number of ketones is 1. The molecule has 6 heteroatoms. The van der Waals surface area contributed by atoms with Crippen LogP contribution < -0.4 is 0 Å². The Morgan fingerprint density at radius 1 is 1.03 bits per heavy atom. The number of rotatable bonds is 8. The van der Waals surface area contributed by atoms with Gasteiger partial charge in [0.15, 0.2) is 5.78 Å². The number of carbonyl (C=O) groups excluding carboxylic acids is 1. The number of para-hydroxylation sites is 1. The number of aliphatic hydroxyl groups excluding tert-OH is 1. The Balaban J connectivity index is 0.000000260. The Morgan fingerprint density at radius 2 is 1.69 bits per heavy atom. The van der Waals surface area contributed by atoms with Crippen LogP contribution >= 0.6 is 11.3 Å². The van der Waals surface area contributed by atoms with E-state index < -0.39 is 0 Å². The van der Waals surface area contributed by atoms with Crippen molar-refractivity contribution in [2.45, 2.75) is 60.3 Å². The van der Waals surface area contributed by atoms with E-state index in [4.69, 9.17) is 4.98 Å². The van der Waals surface area contributed by atoms with Crippen LogP contribution in [0.3, 0.4) is 0 Å². The molecule has 0 atom stereocenters. The van der Waals surface area contributed by atoms with E-state index in [1.807, 2.05) is 39.8 Å². The van der Waals surface area contributed by atoms with Gasteiger partial charge in [0.2, 0.25) is 0 Å². The zero-order valence-electron chi connectivity index (χ0n) is 21.7. The van der Waals surface area contributed by atoms with Gasteiger partial charge in [-0.1, -0.05) is 45.9 Å². The third kappa shape index (κ3) is 7.09. The van der Waals surface area contributed by atoms with Gasteiger partial charge in [0.05, 0.1) is 11.3 Å². The maximum absolute atomic E-state index is 11.7. The van der Waals surface area contributed by atoms with Crippen LogP contribution in [0.2, 0.25) is 0 Å². The second-order valence-corrected chi connectivity index (χ2v) is 9.98. The fourth-order valence-corrected chi connectivity index (χ4v) is 5.31. The topological polar surface area (TPSA) is 63.1 Å². The van der Waals surface area contributed by atoms with E-state index >= 15 is 0 Å². The van der Waals surface area contributed by atoms with Gasteiger partial charge >= 0.3 is 0 Å². The fraction of sp³-hybridized carbons (Fsp3) is 0.367. The first-order valence-corrected chi connectivity index (χ1v) is 13.3. The summed E-state index contributed by atoms with van der Waals surface area (Å²) in [7, 11) is 0. The monoisotopic (exact) mass is 680 g/mol. The predicted octanol–water partition coefficient (Wildman–Crippen LogP) is 8.49. The van der Waals surface area contributed by atoms with Crippen molar-refractivity contribution in [1.82, 2.24) is 9.97 Å². The number of benzene rings is 1. The van der Waals surface area contributed by atoms with Crippen LogP contribution in [0.5, 0.6) is 0 Å². The Labute approximate surface area is 232 Å². The number of aromatic nitrogens is 2. The zero-order valence-corrected chi connectivity index (χ0v) is 24.9. The normalized spacial score (nSPS) is 11.5. The van der Waals surface area contributed by atoms with E-state index in [1.54, 1.807) is 23.7 Å². The molecule has 0 saturated heterocycles. The van der Waals surface area contributed by atoms with Crippen molar-refractivity contribution in [2.75, 3.05) is 0 Å². The zero-order chi connectivity index (χ0) is 25.4. The molecule has 3 aromatic heterocycles. The van der Waals surface area contributed by atoms with E-state index in [0.717, 1.165) is 42.5 Å². The molecule has 0 saturated carbocycles. The van der Waals surface area contributed by atoms with Crippen molar-refractivity contribution in [2.24, 2.45) is 11.8 Å². The summed E-state index contributed by atoms with van der Waals surface area (Å²) in [5, 5.41) is 12.2. The summed E-state index contributed by atoms with van der Waals surface area (Å²) in [5.41, 5.74) is 3.02. The average Bonchev–Trinajstić information content (AvgIpc) is 3.27. The number of hydrogen-bond acceptors (Lipinski definition) is 5. The number of aliphatic hydroxyl groups is 1. The molecule has 0 aliphatic carbocycles. The number of hydrogen-bond donors (Lipinski definition) is 1. The smallest absolute Gasteiger partial charge is 0.162 e. The summed E-state index contributed by atoms with van der Waals surface area (Å²) in [4.78, 5) is 21.9. The second-order valence-electron chi connectivity index (χ2n) is 8.73. The fourth-order valence-electron chi connectivity index (χ4n) is 4.29. The molecule has 0 aliphatic rings. The number of carbonyl (C=O) groups is 1. The summed E-state index contributed by atoms with van der Waals surface area (Å²) >= 11 is 1.79. The van der Waals surface area contributed by atoms with E-state index in [-0.39, 0.29) is 43.5 Å². The van der Waals surface area contributed by atoms with Crippen LogP contribution in [0, 0.1) is 24.8 Å². The Bertz CT molecular complexity index is 1290. The number of nitrogens with zero attached hydrogens (tertiary/aromatic N) is 2. The molecule has 0 bridgehead atoms. The van der Waals surface area contributed by atoms with Gasteiger partial charge in [-0.25, -0.2) is 0 Å². The summed E-state index contributed by atoms with van der Waals surface area (Å²) in [6.45, 7) is 10.2.